The summed E-state index contributed by atoms with van der Waals surface area (Å²) in [5.41, 5.74) is 6.70. The normalized spacial score (nSPS) is 20.5. The zero-order chi connectivity index (χ0) is 8.55. The van der Waals surface area contributed by atoms with Gasteiger partial charge in [0, 0.05) is 5.56 Å². The molecule has 1 saturated heterocycles. The Hall–Kier alpha value is -1.35. The van der Waals surface area contributed by atoms with Crippen LogP contribution in [0.15, 0.2) is 24.3 Å². The summed E-state index contributed by atoms with van der Waals surface area (Å²) >= 11 is 0. The van der Waals surface area contributed by atoms with Crippen LogP contribution >= 0.6 is 0 Å². The molecule has 1 heterocycles. The van der Waals surface area contributed by atoms with Crippen molar-refractivity contribution in [3.63, 3.8) is 0 Å². The van der Waals surface area contributed by atoms with Crippen molar-refractivity contribution in [1.29, 1.82) is 0 Å². The minimum atomic E-state index is -0.391. The molecule has 0 radical (unpaired) electrons. The van der Waals surface area contributed by atoms with E-state index in [4.69, 9.17) is 10.5 Å². The number of carbonyl (C=O) groups excluding carboxylic acids is 1. The second-order valence-electron chi connectivity index (χ2n) is 2.81. The molecule has 1 aromatic carbocycles. The van der Waals surface area contributed by atoms with Gasteiger partial charge in [0.15, 0.2) is 0 Å². The molecule has 0 aromatic heterocycles. The maximum atomic E-state index is 10.8. The first-order valence-corrected chi connectivity index (χ1v) is 3.79. The van der Waals surface area contributed by atoms with E-state index < -0.39 is 5.91 Å². The molecule has 0 bridgehead atoms. The molecule has 2 rings (SSSR count). The Labute approximate surface area is 70.1 Å². The van der Waals surface area contributed by atoms with Crippen LogP contribution in [0, 0.1) is 0 Å². The van der Waals surface area contributed by atoms with Crippen molar-refractivity contribution >= 4 is 5.91 Å². The van der Waals surface area contributed by atoms with Gasteiger partial charge in [0.05, 0.1) is 6.61 Å². The van der Waals surface area contributed by atoms with E-state index >= 15 is 0 Å². The Morgan fingerprint density at radius 2 is 2.33 bits per heavy atom. The summed E-state index contributed by atoms with van der Waals surface area (Å²) in [7, 11) is 0. The summed E-state index contributed by atoms with van der Waals surface area (Å²) in [5.74, 6) is -0.391. The fourth-order valence-electron chi connectivity index (χ4n) is 1.13. The SMILES string of the molecule is NC(=O)c1cccc([C@@H]2CO2)c1. The molecule has 0 spiro atoms. The van der Waals surface area contributed by atoms with Gasteiger partial charge < -0.3 is 10.5 Å². The number of rotatable bonds is 2. The minimum absolute atomic E-state index is 0.185. The molecule has 1 aliphatic rings. The van der Waals surface area contributed by atoms with Gasteiger partial charge in [0.2, 0.25) is 5.91 Å². The summed E-state index contributed by atoms with van der Waals surface area (Å²) in [6.07, 6.45) is 0.185. The lowest BCUT2D eigenvalue weighted by atomic mass is 10.1. The number of hydrogen-bond donors (Lipinski definition) is 1. The number of epoxide rings is 1. The van der Waals surface area contributed by atoms with Gasteiger partial charge in [-0.15, -0.1) is 0 Å². The average molecular weight is 163 g/mol. The lowest BCUT2D eigenvalue weighted by molar-refractivity contribution is 0.1000. The number of hydrogen-bond acceptors (Lipinski definition) is 2. The molecule has 12 heavy (non-hydrogen) atoms. The summed E-state index contributed by atoms with van der Waals surface area (Å²) in [6, 6.07) is 7.23. The Balaban J connectivity index is 2.32. The molecule has 3 nitrogen and oxygen atoms in total. The van der Waals surface area contributed by atoms with E-state index in [2.05, 4.69) is 0 Å². The van der Waals surface area contributed by atoms with Crippen molar-refractivity contribution in [2.24, 2.45) is 5.73 Å². The molecular weight excluding hydrogens is 154 g/mol. The van der Waals surface area contributed by atoms with E-state index in [0.717, 1.165) is 12.2 Å². The van der Waals surface area contributed by atoms with Gasteiger partial charge in [-0.05, 0) is 17.7 Å². The molecule has 0 unspecified atom stereocenters. The van der Waals surface area contributed by atoms with Gasteiger partial charge in [-0.2, -0.15) is 0 Å². The van der Waals surface area contributed by atoms with Crippen LogP contribution in [0.2, 0.25) is 0 Å². The number of amides is 1. The Bertz CT molecular complexity index is 318. The third-order valence-corrected chi connectivity index (χ3v) is 1.88. The number of carbonyl (C=O) groups is 1. The maximum absolute atomic E-state index is 10.8. The number of ether oxygens (including phenoxy) is 1. The first-order chi connectivity index (χ1) is 5.77. The highest BCUT2D eigenvalue weighted by molar-refractivity contribution is 5.92. The standard InChI is InChI=1S/C9H9NO2/c10-9(11)7-3-1-2-6(4-7)8-5-12-8/h1-4,8H,5H2,(H2,10,11)/t8-/m0/s1. The summed E-state index contributed by atoms with van der Waals surface area (Å²) in [4.78, 5) is 10.8. The lowest BCUT2D eigenvalue weighted by Crippen LogP contribution is -2.10. The third kappa shape index (κ3) is 1.31. The molecule has 0 aliphatic carbocycles. The van der Waals surface area contributed by atoms with Gasteiger partial charge >= 0.3 is 0 Å². The second-order valence-corrected chi connectivity index (χ2v) is 2.81. The Kier molecular flexibility index (Phi) is 1.59. The Morgan fingerprint density at radius 1 is 1.58 bits per heavy atom. The predicted molar refractivity (Wildman–Crippen MR) is 43.7 cm³/mol. The molecule has 1 fully saturated rings. The van der Waals surface area contributed by atoms with Gasteiger partial charge in [-0.1, -0.05) is 12.1 Å². The number of primary amides is 1. The van der Waals surface area contributed by atoms with Crippen LogP contribution in [0.3, 0.4) is 0 Å². The topological polar surface area (TPSA) is 55.6 Å². The van der Waals surface area contributed by atoms with Crippen LogP contribution < -0.4 is 5.73 Å². The van der Waals surface area contributed by atoms with Crippen LogP contribution in [0.5, 0.6) is 0 Å². The van der Waals surface area contributed by atoms with Gasteiger partial charge in [-0.3, -0.25) is 4.79 Å². The van der Waals surface area contributed by atoms with Crippen LogP contribution in [0.25, 0.3) is 0 Å². The molecule has 1 aliphatic heterocycles. The van der Waals surface area contributed by atoms with Crippen LogP contribution in [-0.4, -0.2) is 12.5 Å². The van der Waals surface area contributed by atoms with Crippen molar-refractivity contribution < 1.29 is 9.53 Å². The zero-order valence-electron chi connectivity index (χ0n) is 6.49. The summed E-state index contributed by atoms with van der Waals surface area (Å²) < 4.78 is 5.08. The fourth-order valence-corrected chi connectivity index (χ4v) is 1.13. The van der Waals surface area contributed by atoms with E-state index in [1.165, 1.54) is 0 Å². The average Bonchev–Trinajstić information content (AvgIpc) is 2.87. The van der Waals surface area contributed by atoms with Crippen LogP contribution in [-0.2, 0) is 4.74 Å². The lowest BCUT2D eigenvalue weighted by Gasteiger charge is -1.97. The van der Waals surface area contributed by atoms with Gasteiger partial charge in [0.1, 0.15) is 6.10 Å². The molecule has 1 amide bonds. The fraction of sp³-hybridized carbons (Fsp3) is 0.222. The minimum Gasteiger partial charge on any atom is -0.368 e. The maximum Gasteiger partial charge on any atom is 0.248 e. The first-order valence-electron chi connectivity index (χ1n) is 3.79. The van der Waals surface area contributed by atoms with Gasteiger partial charge in [-0.25, -0.2) is 0 Å². The number of nitrogens with two attached hydrogens (primary N) is 1. The van der Waals surface area contributed by atoms with Crippen molar-refractivity contribution in [2.75, 3.05) is 6.61 Å². The molecule has 1 aromatic rings. The van der Waals surface area contributed by atoms with Crippen molar-refractivity contribution in [3.8, 4) is 0 Å². The highest BCUT2D eigenvalue weighted by atomic mass is 16.6. The summed E-state index contributed by atoms with van der Waals surface area (Å²) in [5, 5.41) is 0. The Morgan fingerprint density at radius 3 is 2.92 bits per heavy atom. The molecule has 1 atom stereocenters. The van der Waals surface area contributed by atoms with E-state index in [9.17, 15) is 4.79 Å². The summed E-state index contributed by atoms with van der Waals surface area (Å²) in [6.45, 7) is 0.752. The second kappa shape index (κ2) is 2.60. The first kappa shape index (κ1) is 7.31. The van der Waals surface area contributed by atoms with Crippen molar-refractivity contribution in [3.05, 3.63) is 35.4 Å². The largest absolute Gasteiger partial charge is 0.368 e. The monoisotopic (exact) mass is 163 g/mol. The predicted octanol–water partition coefficient (Wildman–Crippen LogP) is 0.857. The van der Waals surface area contributed by atoms with E-state index in [1.807, 2.05) is 12.1 Å². The molecular formula is C9H9NO2. The third-order valence-electron chi connectivity index (χ3n) is 1.88. The highest BCUT2D eigenvalue weighted by Crippen LogP contribution is 2.29. The van der Waals surface area contributed by atoms with Crippen molar-refractivity contribution in [2.45, 2.75) is 6.10 Å². The zero-order valence-corrected chi connectivity index (χ0v) is 6.49. The molecule has 62 valence electrons. The van der Waals surface area contributed by atoms with E-state index in [-0.39, 0.29) is 6.10 Å². The quantitative estimate of drug-likeness (QED) is 0.657. The molecule has 2 N–H and O–H groups in total. The molecule has 3 heteroatoms. The van der Waals surface area contributed by atoms with Crippen molar-refractivity contribution in [1.82, 2.24) is 0 Å². The molecule has 0 saturated carbocycles. The van der Waals surface area contributed by atoms with E-state index in [0.29, 0.717) is 5.56 Å². The van der Waals surface area contributed by atoms with Crippen LogP contribution in [0.4, 0.5) is 0 Å². The van der Waals surface area contributed by atoms with Crippen LogP contribution in [0.1, 0.15) is 22.0 Å². The smallest absolute Gasteiger partial charge is 0.248 e. The number of benzene rings is 1. The van der Waals surface area contributed by atoms with E-state index in [1.54, 1.807) is 12.1 Å². The van der Waals surface area contributed by atoms with Gasteiger partial charge in [0.25, 0.3) is 0 Å². The highest BCUT2D eigenvalue weighted by Gasteiger charge is 2.24.